The van der Waals surface area contributed by atoms with Gasteiger partial charge in [-0.25, -0.2) is 9.37 Å². The monoisotopic (exact) mass is 342 g/mol. The van der Waals surface area contributed by atoms with Crippen molar-refractivity contribution in [3.63, 3.8) is 0 Å². The Kier molecular flexibility index (Phi) is 4.98. The maximum Gasteiger partial charge on any atom is 0.257 e. The predicted octanol–water partition coefficient (Wildman–Crippen LogP) is 4.35. The molecule has 122 valence electrons. The average Bonchev–Trinajstić information content (AvgIpc) is 3.05. The van der Waals surface area contributed by atoms with Crippen molar-refractivity contribution in [2.24, 2.45) is 0 Å². The fourth-order valence-corrected chi connectivity index (χ4v) is 2.89. The van der Waals surface area contributed by atoms with Gasteiger partial charge in [-0.2, -0.15) is 0 Å². The lowest BCUT2D eigenvalue weighted by Gasteiger charge is -2.03. The van der Waals surface area contributed by atoms with E-state index in [2.05, 4.69) is 10.3 Å². The third kappa shape index (κ3) is 3.84. The molecular formula is C18H15FN2O2S. The van der Waals surface area contributed by atoms with E-state index in [1.807, 2.05) is 17.5 Å². The zero-order valence-electron chi connectivity index (χ0n) is 13.0. The summed E-state index contributed by atoms with van der Waals surface area (Å²) in [4.78, 5) is 16.6. The number of thiazole rings is 1. The van der Waals surface area contributed by atoms with Gasteiger partial charge in [0, 0.05) is 23.6 Å². The molecule has 1 N–H and O–H groups in total. The van der Waals surface area contributed by atoms with Crippen LogP contribution in [-0.4, -0.2) is 18.0 Å². The first kappa shape index (κ1) is 16.3. The summed E-state index contributed by atoms with van der Waals surface area (Å²) < 4.78 is 18.0. The van der Waals surface area contributed by atoms with E-state index in [4.69, 9.17) is 4.74 Å². The number of ether oxygens (including phenoxy) is 1. The number of nitrogens with zero attached hydrogens (tertiary/aromatic N) is 1. The summed E-state index contributed by atoms with van der Waals surface area (Å²) in [5, 5.41) is 5.10. The van der Waals surface area contributed by atoms with Gasteiger partial charge in [0.25, 0.3) is 5.91 Å². The van der Waals surface area contributed by atoms with Gasteiger partial charge < -0.3 is 4.74 Å². The quantitative estimate of drug-likeness (QED) is 0.750. The van der Waals surface area contributed by atoms with Gasteiger partial charge in [0.2, 0.25) is 0 Å². The molecule has 0 saturated heterocycles. The van der Waals surface area contributed by atoms with Crippen LogP contribution < -0.4 is 5.32 Å². The lowest BCUT2D eigenvalue weighted by molar-refractivity contribution is 0.102. The van der Waals surface area contributed by atoms with E-state index < -0.39 is 0 Å². The zero-order chi connectivity index (χ0) is 16.9. The van der Waals surface area contributed by atoms with Crippen molar-refractivity contribution >= 4 is 22.4 Å². The normalized spacial score (nSPS) is 10.6. The Balaban J connectivity index is 1.69. The number of benzene rings is 2. The molecule has 0 radical (unpaired) electrons. The first-order chi connectivity index (χ1) is 11.7. The van der Waals surface area contributed by atoms with Crippen molar-refractivity contribution in [3.8, 4) is 11.3 Å². The van der Waals surface area contributed by atoms with Crippen molar-refractivity contribution in [1.29, 1.82) is 0 Å². The highest BCUT2D eigenvalue weighted by atomic mass is 32.1. The second-order valence-corrected chi connectivity index (χ2v) is 5.99. The number of hydrogen-bond donors (Lipinski definition) is 1. The summed E-state index contributed by atoms with van der Waals surface area (Å²) in [5.41, 5.74) is 3.05. The van der Waals surface area contributed by atoms with E-state index in [9.17, 15) is 9.18 Å². The number of hydrogen-bond acceptors (Lipinski definition) is 4. The van der Waals surface area contributed by atoms with Crippen LogP contribution in [0.5, 0.6) is 0 Å². The molecule has 0 bridgehead atoms. The summed E-state index contributed by atoms with van der Waals surface area (Å²) in [6.07, 6.45) is 0. The highest BCUT2D eigenvalue weighted by molar-refractivity contribution is 7.14. The molecule has 0 saturated carbocycles. The summed E-state index contributed by atoms with van der Waals surface area (Å²) in [6, 6.07) is 13.3. The Morgan fingerprint density at radius 3 is 2.54 bits per heavy atom. The average molecular weight is 342 g/mol. The van der Waals surface area contributed by atoms with Gasteiger partial charge in [-0.3, -0.25) is 10.1 Å². The molecule has 1 amide bonds. The second-order valence-electron chi connectivity index (χ2n) is 5.13. The first-order valence-electron chi connectivity index (χ1n) is 7.26. The van der Waals surface area contributed by atoms with Crippen LogP contribution in [-0.2, 0) is 11.3 Å². The number of amides is 1. The molecule has 0 aliphatic heterocycles. The van der Waals surface area contributed by atoms with Crippen LogP contribution >= 0.6 is 11.3 Å². The van der Waals surface area contributed by atoms with Crippen molar-refractivity contribution in [1.82, 2.24) is 4.98 Å². The number of halogens is 1. The van der Waals surface area contributed by atoms with Crippen molar-refractivity contribution < 1.29 is 13.9 Å². The number of methoxy groups -OCH3 is 1. The van der Waals surface area contributed by atoms with Crippen LogP contribution in [0.1, 0.15) is 15.9 Å². The summed E-state index contributed by atoms with van der Waals surface area (Å²) in [6.45, 7) is 0.509. The van der Waals surface area contributed by atoms with E-state index in [-0.39, 0.29) is 11.7 Å². The molecule has 0 aliphatic carbocycles. The van der Waals surface area contributed by atoms with Crippen LogP contribution in [0.2, 0.25) is 0 Å². The van der Waals surface area contributed by atoms with Gasteiger partial charge in [0.1, 0.15) is 5.82 Å². The Hall–Kier alpha value is -2.57. The fraction of sp³-hybridized carbons (Fsp3) is 0.111. The molecular weight excluding hydrogens is 327 g/mol. The van der Waals surface area contributed by atoms with E-state index in [0.717, 1.165) is 11.1 Å². The minimum absolute atomic E-state index is 0.223. The Morgan fingerprint density at radius 2 is 1.88 bits per heavy atom. The van der Waals surface area contributed by atoms with E-state index in [1.54, 1.807) is 31.4 Å². The molecule has 3 rings (SSSR count). The first-order valence-corrected chi connectivity index (χ1v) is 8.14. The predicted molar refractivity (Wildman–Crippen MR) is 92.6 cm³/mol. The lowest BCUT2D eigenvalue weighted by atomic mass is 10.1. The van der Waals surface area contributed by atoms with Crippen molar-refractivity contribution in [2.45, 2.75) is 6.61 Å². The molecule has 24 heavy (non-hydrogen) atoms. The summed E-state index contributed by atoms with van der Waals surface area (Å²) >= 11 is 1.33. The lowest BCUT2D eigenvalue weighted by Crippen LogP contribution is -2.11. The maximum atomic E-state index is 13.0. The SMILES string of the molecule is COCc1ccc(C(=O)Nc2nc(-c3ccc(F)cc3)cs2)cc1. The Morgan fingerprint density at radius 1 is 1.17 bits per heavy atom. The summed E-state index contributed by atoms with van der Waals surface area (Å²) in [7, 11) is 1.63. The number of carbonyl (C=O) groups is 1. The number of nitrogens with one attached hydrogen (secondary N) is 1. The molecule has 1 heterocycles. The Labute approximate surface area is 142 Å². The van der Waals surface area contributed by atoms with Gasteiger partial charge in [-0.15, -0.1) is 11.3 Å². The third-order valence-corrected chi connectivity index (χ3v) is 4.15. The molecule has 2 aromatic carbocycles. The highest BCUT2D eigenvalue weighted by Gasteiger charge is 2.10. The third-order valence-electron chi connectivity index (χ3n) is 3.39. The molecule has 4 nitrogen and oxygen atoms in total. The zero-order valence-corrected chi connectivity index (χ0v) is 13.8. The molecule has 0 spiro atoms. The molecule has 1 aromatic heterocycles. The van der Waals surface area contributed by atoms with Gasteiger partial charge in [-0.1, -0.05) is 12.1 Å². The summed E-state index contributed by atoms with van der Waals surface area (Å²) in [5.74, 6) is -0.515. The van der Waals surface area contributed by atoms with Gasteiger partial charge in [0.05, 0.1) is 12.3 Å². The van der Waals surface area contributed by atoms with Crippen LogP contribution in [0.3, 0.4) is 0 Å². The number of aromatic nitrogens is 1. The van der Waals surface area contributed by atoms with Crippen LogP contribution in [0.4, 0.5) is 9.52 Å². The van der Waals surface area contributed by atoms with E-state index >= 15 is 0 Å². The number of carbonyl (C=O) groups excluding carboxylic acids is 1. The van der Waals surface area contributed by atoms with E-state index in [0.29, 0.717) is 23.0 Å². The molecule has 6 heteroatoms. The van der Waals surface area contributed by atoms with Gasteiger partial charge >= 0.3 is 0 Å². The van der Waals surface area contributed by atoms with Gasteiger partial charge in [-0.05, 0) is 42.0 Å². The molecule has 0 atom stereocenters. The smallest absolute Gasteiger partial charge is 0.257 e. The molecule has 3 aromatic rings. The fourth-order valence-electron chi connectivity index (χ4n) is 2.17. The molecule has 0 fully saturated rings. The van der Waals surface area contributed by atoms with Crippen molar-refractivity contribution in [3.05, 3.63) is 70.9 Å². The Bertz CT molecular complexity index is 829. The van der Waals surface area contributed by atoms with Gasteiger partial charge in [0.15, 0.2) is 5.13 Å². The molecule has 0 unspecified atom stereocenters. The number of rotatable bonds is 5. The van der Waals surface area contributed by atoms with Crippen LogP contribution in [0.15, 0.2) is 53.9 Å². The van der Waals surface area contributed by atoms with Crippen LogP contribution in [0.25, 0.3) is 11.3 Å². The molecule has 0 aliphatic rings. The minimum Gasteiger partial charge on any atom is -0.380 e. The van der Waals surface area contributed by atoms with Crippen molar-refractivity contribution in [2.75, 3.05) is 12.4 Å². The largest absolute Gasteiger partial charge is 0.380 e. The van der Waals surface area contributed by atoms with Crippen LogP contribution in [0, 0.1) is 5.82 Å². The maximum absolute atomic E-state index is 13.0. The topological polar surface area (TPSA) is 51.2 Å². The standard InChI is InChI=1S/C18H15FN2O2S/c1-23-10-12-2-4-14(5-3-12)17(22)21-18-20-16(11-24-18)13-6-8-15(19)9-7-13/h2-9,11H,10H2,1H3,(H,20,21,22). The minimum atomic E-state index is -0.292. The van der Waals surface area contributed by atoms with E-state index in [1.165, 1.54) is 23.5 Å². The number of anilines is 1. The highest BCUT2D eigenvalue weighted by Crippen LogP contribution is 2.25. The second kappa shape index (κ2) is 7.33.